The van der Waals surface area contributed by atoms with E-state index in [2.05, 4.69) is 53.2 Å². The number of nitrogens with one attached hydrogen (secondary N) is 2. The highest BCUT2D eigenvalue weighted by molar-refractivity contribution is 8.00. The third kappa shape index (κ3) is 5.88. The van der Waals surface area contributed by atoms with Crippen LogP contribution in [0.4, 0.5) is 0 Å². The molecule has 188 valence electrons. The Bertz CT molecular complexity index is 1390. The molecule has 0 saturated heterocycles. The fourth-order valence-electron chi connectivity index (χ4n) is 4.09. The Kier molecular flexibility index (Phi) is 8.98. The Hall–Kier alpha value is -2.83. The van der Waals surface area contributed by atoms with Gasteiger partial charge in [0.15, 0.2) is 0 Å². The number of benzene rings is 2. The smallest absolute Gasteiger partial charge is 0.143 e. The van der Waals surface area contributed by atoms with Crippen molar-refractivity contribution in [2.24, 2.45) is 5.92 Å². The molecule has 2 atom stereocenters. The second-order valence-electron chi connectivity index (χ2n) is 8.83. The second-order valence-corrected chi connectivity index (χ2v) is 11.5. The molecule has 2 N–H and O–H groups in total. The van der Waals surface area contributed by atoms with Gasteiger partial charge in [0.1, 0.15) is 11.4 Å². The average molecular weight is 494 g/mol. The van der Waals surface area contributed by atoms with E-state index in [0.717, 1.165) is 62.2 Å². The topological polar surface area (TPSA) is 67.0 Å². The number of hydrogen-bond acceptors (Lipinski definition) is 4. The molecule has 35 heavy (non-hydrogen) atoms. The van der Waals surface area contributed by atoms with Crippen molar-refractivity contribution in [3.8, 4) is 16.9 Å². The number of nitrogens with zero attached hydrogens (tertiary/aromatic N) is 1. The first-order chi connectivity index (χ1) is 16.8. The van der Waals surface area contributed by atoms with Gasteiger partial charge in [0.05, 0.1) is 12.1 Å². The first kappa shape index (κ1) is 26.8. The van der Waals surface area contributed by atoms with Gasteiger partial charge in [-0.05, 0) is 95.3 Å². The van der Waals surface area contributed by atoms with Crippen LogP contribution in [0.2, 0.25) is 0 Å². The minimum absolute atomic E-state index is 0.438. The van der Waals surface area contributed by atoms with Gasteiger partial charge in [-0.3, -0.25) is 4.21 Å². The Morgan fingerprint density at radius 3 is 2.69 bits per heavy atom. The van der Waals surface area contributed by atoms with Gasteiger partial charge in [-0.25, -0.2) is 4.98 Å². The van der Waals surface area contributed by atoms with E-state index in [-0.39, 0.29) is 0 Å². The highest BCUT2D eigenvalue weighted by Gasteiger charge is 2.17. The van der Waals surface area contributed by atoms with Crippen LogP contribution in [0, 0.1) is 12.8 Å². The lowest BCUT2D eigenvalue weighted by Gasteiger charge is -2.15. The number of aromatic nitrogens is 2. The summed E-state index contributed by atoms with van der Waals surface area (Å²) in [6.45, 7) is 11.8. The van der Waals surface area contributed by atoms with Gasteiger partial charge in [-0.2, -0.15) is 0 Å². The number of aryl methyl sites for hydroxylation is 1. The number of rotatable bonds is 9. The van der Waals surface area contributed by atoms with E-state index in [1.54, 1.807) is 0 Å². The summed E-state index contributed by atoms with van der Waals surface area (Å²) >= 11 is 0. The molecule has 4 aromatic rings. The maximum absolute atomic E-state index is 12.9. The fraction of sp³-hybridized carbons (Fsp3) is 0.379. The predicted octanol–water partition coefficient (Wildman–Crippen LogP) is 6.44. The summed E-state index contributed by atoms with van der Waals surface area (Å²) in [5.41, 5.74) is 4.95. The van der Waals surface area contributed by atoms with Crippen LogP contribution in [0.15, 0.2) is 53.6 Å². The molecular formula is C29H39N3O2S. The summed E-state index contributed by atoms with van der Waals surface area (Å²) in [5, 5.41) is 5.33. The SMILES string of the molecule is C=S(=O)(CC)c1cccc(-c2ccc(OC[C@H](C)CCNC)c3[nH]c4ncc(C)cc4c23)c1.CC. The van der Waals surface area contributed by atoms with Crippen LogP contribution in [-0.4, -0.2) is 46.0 Å². The largest absolute Gasteiger partial charge is 0.491 e. The molecule has 4 rings (SSSR count). The minimum Gasteiger partial charge on any atom is -0.491 e. The third-order valence-electron chi connectivity index (χ3n) is 6.16. The standard InChI is InChI=1S/C27H33N3O2S.C2H6/c1-6-33(5,31)21-9-7-8-20(15-21)22-10-11-24(32-17-18(2)12-13-28-4)26-25(22)23-14-19(3)16-29-27(23)30-26;1-2/h7-11,14-16,18,28H,5-6,12-13,17H2,1-4H3,(H,29,30);1-2H3/t18-,33?;/m1./s1. The summed E-state index contributed by atoms with van der Waals surface area (Å²) in [4.78, 5) is 8.90. The van der Waals surface area contributed by atoms with E-state index >= 15 is 0 Å². The first-order valence-electron chi connectivity index (χ1n) is 12.5. The molecule has 0 aliphatic rings. The lowest BCUT2D eigenvalue weighted by Crippen LogP contribution is -2.16. The van der Waals surface area contributed by atoms with Crippen LogP contribution in [0.5, 0.6) is 5.75 Å². The van der Waals surface area contributed by atoms with E-state index in [4.69, 9.17) is 4.74 Å². The van der Waals surface area contributed by atoms with Crippen LogP contribution in [0.25, 0.3) is 33.1 Å². The van der Waals surface area contributed by atoms with Crippen molar-refractivity contribution >= 4 is 37.3 Å². The average Bonchev–Trinajstić information content (AvgIpc) is 3.26. The molecule has 0 radical (unpaired) electrons. The van der Waals surface area contributed by atoms with Crippen molar-refractivity contribution in [2.75, 3.05) is 26.0 Å². The number of H-pyrrole nitrogens is 1. The van der Waals surface area contributed by atoms with Crippen molar-refractivity contribution < 1.29 is 8.95 Å². The second kappa shape index (κ2) is 11.7. The number of pyridine rings is 1. The van der Waals surface area contributed by atoms with Gasteiger partial charge in [0.25, 0.3) is 0 Å². The molecule has 2 aromatic heterocycles. The molecule has 0 amide bonds. The number of ether oxygens (including phenoxy) is 1. The van der Waals surface area contributed by atoms with Crippen molar-refractivity contribution in [3.63, 3.8) is 0 Å². The first-order valence-corrected chi connectivity index (χ1v) is 14.4. The fourth-order valence-corrected chi connectivity index (χ4v) is 5.10. The van der Waals surface area contributed by atoms with Crippen LogP contribution in [-0.2, 0) is 9.52 Å². The lowest BCUT2D eigenvalue weighted by atomic mass is 9.99. The van der Waals surface area contributed by atoms with E-state index in [1.807, 2.05) is 58.3 Å². The highest BCUT2D eigenvalue weighted by atomic mass is 32.2. The molecule has 0 aliphatic heterocycles. The van der Waals surface area contributed by atoms with E-state index < -0.39 is 9.52 Å². The maximum Gasteiger partial charge on any atom is 0.143 e. The molecular weight excluding hydrogens is 454 g/mol. The molecule has 0 spiro atoms. The maximum atomic E-state index is 12.9. The van der Waals surface area contributed by atoms with Gasteiger partial charge in [0, 0.05) is 27.6 Å². The normalized spacial score (nSPS) is 13.8. The number of fused-ring (bicyclic) bond motifs is 3. The van der Waals surface area contributed by atoms with E-state index in [1.165, 1.54) is 0 Å². The van der Waals surface area contributed by atoms with Gasteiger partial charge >= 0.3 is 0 Å². The summed E-state index contributed by atoms with van der Waals surface area (Å²) in [6, 6.07) is 14.2. The van der Waals surface area contributed by atoms with E-state index in [0.29, 0.717) is 18.3 Å². The molecule has 0 fully saturated rings. The number of aromatic amines is 1. The Labute approximate surface area is 210 Å². The summed E-state index contributed by atoms with van der Waals surface area (Å²) in [6.07, 6.45) is 2.93. The molecule has 0 saturated carbocycles. The quantitative estimate of drug-likeness (QED) is 0.263. The zero-order valence-corrected chi connectivity index (χ0v) is 22.7. The zero-order chi connectivity index (χ0) is 25.6. The molecule has 1 unspecified atom stereocenters. The minimum atomic E-state index is -2.30. The van der Waals surface area contributed by atoms with Crippen LogP contribution in [0.3, 0.4) is 0 Å². The number of hydrogen-bond donors (Lipinski definition) is 2. The summed E-state index contributed by atoms with van der Waals surface area (Å²) in [7, 11) is -0.332. The van der Waals surface area contributed by atoms with Gasteiger partial charge in [-0.1, -0.05) is 39.8 Å². The molecule has 0 bridgehead atoms. The third-order valence-corrected chi connectivity index (χ3v) is 8.20. The van der Waals surface area contributed by atoms with E-state index in [9.17, 15) is 4.21 Å². The highest BCUT2D eigenvalue weighted by Crippen LogP contribution is 2.39. The van der Waals surface area contributed by atoms with Crippen LogP contribution < -0.4 is 10.1 Å². The van der Waals surface area contributed by atoms with Gasteiger partial charge < -0.3 is 15.0 Å². The Balaban J connectivity index is 0.00000167. The van der Waals surface area contributed by atoms with Crippen molar-refractivity contribution in [2.45, 2.75) is 45.9 Å². The monoisotopic (exact) mass is 493 g/mol. The molecule has 0 aliphatic carbocycles. The lowest BCUT2D eigenvalue weighted by molar-refractivity contribution is 0.254. The van der Waals surface area contributed by atoms with Crippen molar-refractivity contribution in [1.82, 2.24) is 15.3 Å². The van der Waals surface area contributed by atoms with Crippen molar-refractivity contribution in [3.05, 3.63) is 54.2 Å². The molecule has 6 heteroatoms. The van der Waals surface area contributed by atoms with Gasteiger partial charge in [-0.15, -0.1) is 0 Å². The Morgan fingerprint density at radius 2 is 1.97 bits per heavy atom. The van der Waals surface area contributed by atoms with Crippen molar-refractivity contribution in [1.29, 1.82) is 0 Å². The van der Waals surface area contributed by atoms with Crippen LogP contribution >= 0.6 is 0 Å². The summed E-state index contributed by atoms with van der Waals surface area (Å²) < 4.78 is 19.2. The predicted molar refractivity (Wildman–Crippen MR) is 152 cm³/mol. The molecule has 2 heterocycles. The van der Waals surface area contributed by atoms with Crippen LogP contribution in [0.1, 0.15) is 39.7 Å². The Morgan fingerprint density at radius 1 is 1.20 bits per heavy atom. The molecule has 5 nitrogen and oxygen atoms in total. The van der Waals surface area contributed by atoms with Gasteiger partial charge in [0.2, 0.25) is 0 Å². The molecule has 2 aromatic carbocycles. The zero-order valence-electron chi connectivity index (χ0n) is 21.9. The summed E-state index contributed by atoms with van der Waals surface area (Å²) in [5.74, 6) is 5.75.